The van der Waals surface area contributed by atoms with E-state index < -0.39 is 0 Å². The van der Waals surface area contributed by atoms with Crippen LogP contribution in [-0.4, -0.2) is 0 Å². The molecular weight excluding hydrogens is 562 g/mol. The molecular formula is C43H25NO2. The minimum atomic E-state index is 0.635. The Morgan fingerprint density at radius 2 is 0.826 bits per heavy atom. The molecule has 0 atom stereocenters. The van der Waals surface area contributed by atoms with Gasteiger partial charge in [-0.1, -0.05) is 97.1 Å². The number of nitrogens with zero attached hydrogens (tertiary/aromatic N) is 1. The topological polar surface area (TPSA) is 50.1 Å². The lowest BCUT2D eigenvalue weighted by Crippen LogP contribution is -1.93. The van der Waals surface area contributed by atoms with Crippen LogP contribution in [-0.2, 0) is 0 Å². The van der Waals surface area contributed by atoms with Crippen LogP contribution in [0.5, 0.6) is 0 Å². The number of nitriles is 1. The molecule has 0 saturated heterocycles. The molecule has 0 amide bonds. The standard InChI is InChI=1S/C43H25NO2/c44-26-39-35(30-12-8-11-28(21-30)27-9-2-1-3-10-27)24-32(29-17-19-42-37(22-29)33-13-4-6-15-40(33)45-42)25-36(39)31-18-20-43-38(23-31)34-14-5-7-16-41(34)46-43/h1-25H. The molecule has 46 heavy (non-hydrogen) atoms. The van der Waals surface area contributed by atoms with Crippen molar-refractivity contribution in [1.82, 2.24) is 0 Å². The van der Waals surface area contributed by atoms with Crippen molar-refractivity contribution < 1.29 is 8.83 Å². The minimum Gasteiger partial charge on any atom is -0.456 e. The summed E-state index contributed by atoms with van der Waals surface area (Å²) in [6.07, 6.45) is 0. The maximum atomic E-state index is 10.8. The summed E-state index contributed by atoms with van der Waals surface area (Å²) in [4.78, 5) is 0. The molecule has 0 aliphatic rings. The fourth-order valence-electron chi connectivity index (χ4n) is 6.68. The van der Waals surface area contributed by atoms with Crippen LogP contribution in [0, 0.1) is 11.3 Å². The van der Waals surface area contributed by atoms with E-state index in [9.17, 15) is 5.26 Å². The molecule has 0 radical (unpaired) electrons. The first-order valence-corrected chi connectivity index (χ1v) is 15.3. The van der Waals surface area contributed by atoms with Gasteiger partial charge in [-0.15, -0.1) is 0 Å². The van der Waals surface area contributed by atoms with E-state index in [1.165, 1.54) is 0 Å². The Morgan fingerprint density at radius 1 is 0.348 bits per heavy atom. The van der Waals surface area contributed by atoms with Crippen LogP contribution < -0.4 is 0 Å². The molecule has 3 heteroatoms. The zero-order valence-corrected chi connectivity index (χ0v) is 24.7. The van der Waals surface area contributed by atoms with Crippen molar-refractivity contribution in [1.29, 1.82) is 5.26 Å². The second-order valence-corrected chi connectivity index (χ2v) is 11.6. The van der Waals surface area contributed by atoms with Gasteiger partial charge in [-0.3, -0.25) is 0 Å². The average Bonchev–Trinajstić information content (AvgIpc) is 3.69. The van der Waals surface area contributed by atoms with E-state index in [2.05, 4.69) is 91.0 Å². The number of hydrogen-bond acceptors (Lipinski definition) is 3. The third-order valence-electron chi connectivity index (χ3n) is 8.93. The Labute approximate surface area is 265 Å². The molecule has 0 bridgehead atoms. The van der Waals surface area contributed by atoms with Crippen LogP contribution in [0.1, 0.15) is 5.56 Å². The Hall–Kier alpha value is -6.37. The van der Waals surface area contributed by atoms with Gasteiger partial charge in [0.2, 0.25) is 0 Å². The number of para-hydroxylation sites is 2. The van der Waals surface area contributed by atoms with Gasteiger partial charge in [-0.2, -0.15) is 5.26 Å². The van der Waals surface area contributed by atoms with Gasteiger partial charge >= 0.3 is 0 Å². The Balaban J connectivity index is 1.31. The lowest BCUT2D eigenvalue weighted by molar-refractivity contribution is 0.668. The maximum Gasteiger partial charge on any atom is 0.135 e. The zero-order valence-electron chi connectivity index (χ0n) is 24.7. The van der Waals surface area contributed by atoms with Gasteiger partial charge in [0.15, 0.2) is 0 Å². The highest BCUT2D eigenvalue weighted by Gasteiger charge is 2.18. The zero-order chi connectivity index (χ0) is 30.6. The monoisotopic (exact) mass is 587 g/mol. The SMILES string of the molecule is N#Cc1c(-c2cccc(-c3ccccc3)c2)cc(-c2ccc3oc4ccccc4c3c2)cc1-c1ccc2oc3ccccc3c2c1. The molecule has 0 N–H and O–H groups in total. The first-order valence-electron chi connectivity index (χ1n) is 15.3. The Bertz CT molecular complexity index is 2650. The molecule has 2 aromatic heterocycles. The van der Waals surface area contributed by atoms with Crippen LogP contribution in [0.3, 0.4) is 0 Å². The van der Waals surface area contributed by atoms with Gasteiger partial charge in [-0.05, 0) is 88.0 Å². The fourth-order valence-corrected chi connectivity index (χ4v) is 6.68. The van der Waals surface area contributed by atoms with E-state index in [4.69, 9.17) is 8.83 Å². The molecule has 7 aromatic carbocycles. The minimum absolute atomic E-state index is 0.635. The van der Waals surface area contributed by atoms with E-state index in [1.807, 2.05) is 66.7 Å². The molecule has 0 spiro atoms. The first kappa shape index (κ1) is 26.1. The van der Waals surface area contributed by atoms with Crippen LogP contribution in [0.4, 0.5) is 0 Å². The van der Waals surface area contributed by atoms with Gasteiger partial charge in [0.05, 0.1) is 5.56 Å². The Kier molecular flexibility index (Phi) is 5.88. The highest BCUT2D eigenvalue weighted by Crippen LogP contribution is 2.41. The smallest absolute Gasteiger partial charge is 0.135 e. The van der Waals surface area contributed by atoms with Crippen LogP contribution in [0.25, 0.3) is 88.4 Å². The van der Waals surface area contributed by atoms with Gasteiger partial charge in [0.25, 0.3) is 0 Å². The summed E-state index contributed by atoms with van der Waals surface area (Å²) in [5.41, 5.74) is 12.1. The second kappa shape index (κ2) is 10.4. The molecule has 9 rings (SSSR count). The van der Waals surface area contributed by atoms with E-state index in [-0.39, 0.29) is 0 Å². The predicted octanol–water partition coefficient (Wildman–Crippen LogP) is 12.0. The summed E-state index contributed by atoms with van der Waals surface area (Å²) in [5, 5.41) is 15.0. The second-order valence-electron chi connectivity index (χ2n) is 11.6. The maximum absolute atomic E-state index is 10.8. The average molecular weight is 588 g/mol. The van der Waals surface area contributed by atoms with Gasteiger partial charge in [0.1, 0.15) is 28.4 Å². The lowest BCUT2D eigenvalue weighted by Gasteiger charge is -2.15. The molecule has 9 aromatic rings. The number of benzene rings is 7. The normalized spacial score (nSPS) is 11.5. The van der Waals surface area contributed by atoms with Crippen LogP contribution in [0.2, 0.25) is 0 Å². The summed E-state index contributed by atoms with van der Waals surface area (Å²) in [5.74, 6) is 0. The number of furan rings is 2. The third kappa shape index (κ3) is 4.20. The highest BCUT2D eigenvalue weighted by atomic mass is 16.3. The van der Waals surface area contributed by atoms with Crippen molar-refractivity contribution in [3.63, 3.8) is 0 Å². The lowest BCUT2D eigenvalue weighted by atomic mass is 9.87. The van der Waals surface area contributed by atoms with Crippen molar-refractivity contribution in [2.24, 2.45) is 0 Å². The van der Waals surface area contributed by atoms with E-state index in [1.54, 1.807) is 0 Å². The number of hydrogen-bond donors (Lipinski definition) is 0. The van der Waals surface area contributed by atoms with Gasteiger partial charge < -0.3 is 8.83 Å². The van der Waals surface area contributed by atoms with Crippen molar-refractivity contribution >= 4 is 43.9 Å². The Morgan fingerprint density at radius 3 is 1.48 bits per heavy atom. The summed E-state index contributed by atoms with van der Waals surface area (Å²) in [6.45, 7) is 0. The van der Waals surface area contributed by atoms with Crippen molar-refractivity contribution in [2.45, 2.75) is 0 Å². The molecule has 2 heterocycles. The molecule has 0 saturated carbocycles. The van der Waals surface area contributed by atoms with Gasteiger partial charge in [0, 0.05) is 32.7 Å². The summed E-state index contributed by atoms with van der Waals surface area (Å²) in [7, 11) is 0. The summed E-state index contributed by atoms with van der Waals surface area (Å²) >= 11 is 0. The first-order chi connectivity index (χ1) is 22.7. The fraction of sp³-hybridized carbons (Fsp3) is 0. The quantitative estimate of drug-likeness (QED) is 0.206. The largest absolute Gasteiger partial charge is 0.456 e. The predicted molar refractivity (Wildman–Crippen MR) is 187 cm³/mol. The molecule has 0 unspecified atom stereocenters. The van der Waals surface area contributed by atoms with Crippen molar-refractivity contribution in [3.8, 4) is 50.6 Å². The number of rotatable bonds is 4. The van der Waals surface area contributed by atoms with Crippen molar-refractivity contribution in [3.05, 3.63) is 157 Å². The third-order valence-corrected chi connectivity index (χ3v) is 8.93. The molecule has 0 fully saturated rings. The van der Waals surface area contributed by atoms with E-state index in [0.717, 1.165) is 88.4 Å². The van der Waals surface area contributed by atoms with E-state index in [0.29, 0.717) is 5.56 Å². The molecule has 0 aliphatic heterocycles. The van der Waals surface area contributed by atoms with Crippen molar-refractivity contribution in [2.75, 3.05) is 0 Å². The van der Waals surface area contributed by atoms with E-state index >= 15 is 0 Å². The molecule has 3 nitrogen and oxygen atoms in total. The highest BCUT2D eigenvalue weighted by molar-refractivity contribution is 6.08. The molecule has 214 valence electrons. The van der Waals surface area contributed by atoms with Crippen LogP contribution >= 0.6 is 0 Å². The molecule has 0 aliphatic carbocycles. The van der Waals surface area contributed by atoms with Crippen LogP contribution in [0.15, 0.2) is 160 Å². The van der Waals surface area contributed by atoms with Gasteiger partial charge in [-0.25, -0.2) is 0 Å². The summed E-state index contributed by atoms with van der Waals surface area (Å²) in [6, 6.07) is 54.5. The summed E-state index contributed by atoms with van der Waals surface area (Å²) < 4.78 is 12.3. The number of fused-ring (bicyclic) bond motifs is 6.